The van der Waals surface area contributed by atoms with E-state index in [9.17, 15) is 0 Å². The van der Waals surface area contributed by atoms with Gasteiger partial charge in [0.2, 0.25) is 0 Å². The summed E-state index contributed by atoms with van der Waals surface area (Å²) in [5.74, 6) is 0. The number of hydrazine groups is 1. The zero-order chi connectivity index (χ0) is 14.7. The molecule has 0 radical (unpaired) electrons. The number of hydrogen-bond acceptors (Lipinski definition) is 2. The molecule has 1 aromatic carbocycles. The maximum atomic E-state index is 5.45. The molecule has 1 heterocycles. The molecule has 110 valence electrons. The van der Waals surface area contributed by atoms with Crippen LogP contribution in [-0.4, -0.2) is 22.2 Å². The highest BCUT2D eigenvalue weighted by Crippen LogP contribution is 2.20. The number of nitrogens with one attached hydrogen (secondary N) is 2. The minimum Gasteiger partial charge on any atom is -0.332 e. The van der Waals surface area contributed by atoms with Crippen LogP contribution >= 0.6 is 12.2 Å². The van der Waals surface area contributed by atoms with Gasteiger partial charge in [-0.05, 0) is 76.0 Å². The minimum atomic E-state index is 0.526. The van der Waals surface area contributed by atoms with Crippen molar-refractivity contribution in [2.75, 3.05) is 5.32 Å². The second kappa shape index (κ2) is 6.55. The van der Waals surface area contributed by atoms with Crippen molar-refractivity contribution in [3.8, 4) is 0 Å². The van der Waals surface area contributed by atoms with Gasteiger partial charge in [-0.15, -0.1) is 0 Å². The number of nitrogens with zero attached hydrogens (tertiary/aromatic N) is 1. The van der Waals surface area contributed by atoms with Gasteiger partial charge in [0.1, 0.15) is 0 Å². The van der Waals surface area contributed by atoms with Gasteiger partial charge in [0.15, 0.2) is 5.11 Å². The molecule has 1 aromatic rings. The molecule has 0 aromatic heterocycles. The van der Waals surface area contributed by atoms with Gasteiger partial charge in [-0.25, -0.2) is 5.01 Å². The van der Waals surface area contributed by atoms with E-state index in [4.69, 9.17) is 12.2 Å². The summed E-state index contributed by atoms with van der Waals surface area (Å²) < 4.78 is 0. The highest BCUT2D eigenvalue weighted by molar-refractivity contribution is 7.80. The molecular formula is C16H25N3S. The predicted octanol–water partition coefficient (Wildman–Crippen LogP) is 3.77. The van der Waals surface area contributed by atoms with Crippen LogP contribution in [0.5, 0.6) is 0 Å². The zero-order valence-electron chi connectivity index (χ0n) is 12.9. The highest BCUT2D eigenvalue weighted by atomic mass is 32.1. The van der Waals surface area contributed by atoms with E-state index in [1.54, 1.807) is 0 Å². The number of hydrogen-bond donors (Lipinski definition) is 2. The molecule has 1 fully saturated rings. The summed E-state index contributed by atoms with van der Waals surface area (Å²) in [5, 5.41) is 6.25. The molecule has 2 N–H and O–H groups in total. The second-order valence-electron chi connectivity index (χ2n) is 5.98. The maximum Gasteiger partial charge on any atom is 0.185 e. The first kappa shape index (κ1) is 15.3. The van der Waals surface area contributed by atoms with Gasteiger partial charge in [0.05, 0.1) is 0 Å². The third-order valence-corrected chi connectivity index (χ3v) is 4.10. The van der Waals surface area contributed by atoms with E-state index < -0.39 is 0 Å². The molecule has 0 amide bonds. The first-order valence-electron chi connectivity index (χ1n) is 7.40. The van der Waals surface area contributed by atoms with Crippen LogP contribution in [0.25, 0.3) is 0 Å². The highest BCUT2D eigenvalue weighted by Gasteiger charge is 2.25. The summed E-state index contributed by atoms with van der Waals surface area (Å²) in [4.78, 5) is 0. The van der Waals surface area contributed by atoms with Crippen LogP contribution in [0.3, 0.4) is 0 Å². The molecule has 1 aliphatic rings. The van der Waals surface area contributed by atoms with Crippen molar-refractivity contribution in [1.29, 1.82) is 0 Å². The van der Waals surface area contributed by atoms with Crippen LogP contribution in [0, 0.1) is 13.8 Å². The Morgan fingerprint density at radius 2 is 1.65 bits per heavy atom. The quantitative estimate of drug-likeness (QED) is 0.811. The Bertz CT molecular complexity index is 456. The topological polar surface area (TPSA) is 27.3 Å². The number of thiocarbonyl (C=S) groups is 1. The fourth-order valence-corrected chi connectivity index (χ4v) is 3.19. The Morgan fingerprint density at radius 1 is 1.10 bits per heavy atom. The van der Waals surface area contributed by atoms with Gasteiger partial charge < -0.3 is 5.32 Å². The zero-order valence-corrected chi connectivity index (χ0v) is 13.7. The molecule has 2 unspecified atom stereocenters. The number of piperidine rings is 1. The second-order valence-corrected chi connectivity index (χ2v) is 6.39. The summed E-state index contributed by atoms with van der Waals surface area (Å²) in [6.45, 7) is 8.71. The average molecular weight is 291 g/mol. The summed E-state index contributed by atoms with van der Waals surface area (Å²) in [5.41, 5.74) is 6.90. The smallest absolute Gasteiger partial charge is 0.185 e. The SMILES string of the molecule is Cc1cc(C)cc(NC(=S)NN2C(C)CCCC2C)c1. The Balaban J connectivity index is 1.98. The molecular weight excluding hydrogens is 266 g/mol. The van der Waals surface area contributed by atoms with E-state index in [0.717, 1.165) is 5.69 Å². The standard InChI is InChI=1S/C16H25N3S/c1-11-8-12(2)10-15(9-11)17-16(20)18-19-13(3)6-5-7-14(19)4/h8-10,13-14H,5-7H2,1-4H3,(H2,17,18,20). The van der Waals surface area contributed by atoms with Crippen molar-refractivity contribution in [3.05, 3.63) is 29.3 Å². The Labute approximate surface area is 127 Å². The Morgan fingerprint density at radius 3 is 2.20 bits per heavy atom. The van der Waals surface area contributed by atoms with E-state index in [1.165, 1.54) is 30.4 Å². The van der Waals surface area contributed by atoms with Crippen molar-refractivity contribution in [1.82, 2.24) is 10.4 Å². The first-order valence-corrected chi connectivity index (χ1v) is 7.81. The number of anilines is 1. The molecule has 1 saturated heterocycles. The van der Waals surface area contributed by atoms with Gasteiger partial charge in [-0.1, -0.05) is 12.5 Å². The summed E-state index contributed by atoms with van der Waals surface area (Å²) in [6, 6.07) is 7.44. The van der Waals surface area contributed by atoms with E-state index in [1.807, 2.05) is 0 Å². The minimum absolute atomic E-state index is 0.526. The summed E-state index contributed by atoms with van der Waals surface area (Å²) in [7, 11) is 0. The van der Waals surface area contributed by atoms with E-state index >= 15 is 0 Å². The van der Waals surface area contributed by atoms with Crippen LogP contribution < -0.4 is 10.7 Å². The summed E-state index contributed by atoms with van der Waals surface area (Å²) >= 11 is 5.45. The van der Waals surface area contributed by atoms with E-state index in [-0.39, 0.29) is 0 Å². The van der Waals surface area contributed by atoms with E-state index in [0.29, 0.717) is 17.2 Å². The fraction of sp³-hybridized carbons (Fsp3) is 0.562. The molecule has 1 aliphatic heterocycles. The first-order chi connectivity index (χ1) is 9.45. The van der Waals surface area contributed by atoms with Gasteiger partial charge in [-0.3, -0.25) is 5.43 Å². The lowest BCUT2D eigenvalue weighted by molar-refractivity contribution is 0.0750. The third kappa shape index (κ3) is 3.93. The molecule has 2 atom stereocenters. The molecule has 20 heavy (non-hydrogen) atoms. The van der Waals surface area contributed by atoms with Crippen LogP contribution in [0.1, 0.15) is 44.2 Å². The lowest BCUT2D eigenvalue weighted by Gasteiger charge is -2.39. The predicted molar refractivity (Wildman–Crippen MR) is 89.9 cm³/mol. The monoisotopic (exact) mass is 291 g/mol. The van der Waals surface area contributed by atoms with Crippen LogP contribution in [-0.2, 0) is 0 Å². The van der Waals surface area contributed by atoms with Crippen molar-refractivity contribution in [3.63, 3.8) is 0 Å². The van der Waals surface area contributed by atoms with Crippen molar-refractivity contribution in [2.24, 2.45) is 0 Å². The van der Waals surface area contributed by atoms with Gasteiger partial charge in [0, 0.05) is 17.8 Å². The number of aryl methyl sites for hydroxylation is 2. The average Bonchev–Trinajstić information content (AvgIpc) is 2.32. The molecule has 3 nitrogen and oxygen atoms in total. The maximum absolute atomic E-state index is 5.45. The molecule has 0 saturated carbocycles. The summed E-state index contributed by atoms with van der Waals surface area (Å²) in [6.07, 6.45) is 3.75. The van der Waals surface area contributed by atoms with E-state index in [2.05, 4.69) is 61.6 Å². The third-order valence-electron chi connectivity index (χ3n) is 3.90. The number of rotatable bonds is 2. The molecule has 4 heteroatoms. The normalized spacial score (nSPS) is 23.4. The van der Waals surface area contributed by atoms with Crippen molar-refractivity contribution >= 4 is 23.0 Å². The van der Waals surface area contributed by atoms with Gasteiger partial charge in [-0.2, -0.15) is 0 Å². The molecule has 0 bridgehead atoms. The van der Waals surface area contributed by atoms with Crippen LogP contribution in [0.15, 0.2) is 18.2 Å². The molecule has 2 rings (SSSR count). The fourth-order valence-electron chi connectivity index (χ4n) is 2.96. The lowest BCUT2D eigenvalue weighted by atomic mass is 10.00. The van der Waals surface area contributed by atoms with Crippen LogP contribution in [0.2, 0.25) is 0 Å². The Hall–Kier alpha value is -1.13. The van der Waals surface area contributed by atoms with Crippen molar-refractivity contribution < 1.29 is 0 Å². The van der Waals surface area contributed by atoms with Gasteiger partial charge in [0.25, 0.3) is 0 Å². The Kier molecular flexibility index (Phi) is 5.00. The van der Waals surface area contributed by atoms with Crippen molar-refractivity contribution in [2.45, 2.75) is 59.0 Å². The van der Waals surface area contributed by atoms with Crippen LogP contribution in [0.4, 0.5) is 5.69 Å². The number of benzene rings is 1. The molecule has 0 spiro atoms. The largest absolute Gasteiger partial charge is 0.332 e. The molecule has 0 aliphatic carbocycles. The lowest BCUT2D eigenvalue weighted by Crippen LogP contribution is -2.55. The van der Waals surface area contributed by atoms with Gasteiger partial charge >= 0.3 is 0 Å².